The van der Waals surface area contributed by atoms with Crippen molar-refractivity contribution in [2.75, 3.05) is 0 Å². The van der Waals surface area contributed by atoms with E-state index < -0.39 is 0 Å². The standard InChI is InChI=1S/C23H17ClN4O2S2/c1-12-3-5-14(6-4-12)18-13(2)32-22-19(18)20(29)25-17(26-22)11-31-23-28-27-21(30-23)15-7-9-16(24)10-8-15/h3-10H,11H2,1-2H3,(H,25,26,29). The molecule has 0 aliphatic carbocycles. The van der Waals surface area contributed by atoms with E-state index in [2.05, 4.69) is 20.2 Å². The molecule has 0 bridgehead atoms. The number of rotatable bonds is 5. The molecule has 0 spiro atoms. The quantitative estimate of drug-likeness (QED) is 0.299. The van der Waals surface area contributed by atoms with Gasteiger partial charge in [-0.25, -0.2) is 4.98 Å². The fourth-order valence-electron chi connectivity index (χ4n) is 3.41. The maximum Gasteiger partial charge on any atom is 0.277 e. The zero-order valence-electron chi connectivity index (χ0n) is 17.2. The third kappa shape index (κ3) is 4.09. The summed E-state index contributed by atoms with van der Waals surface area (Å²) in [6.07, 6.45) is 0. The molecular formula is C23H17ClN4O2S2. The third-order valence-electron chi connectivity index (χ3n) is 4.96. The van der Waals surface area contributed by atoms with Crippen LogP contribution in [0.1, 0.15) is 16.3 Å². The molecule has 0 aliphatic rings. The molecule has 5 aromatic rings. The van der Waals surface area contributed by atoms with Crippen molar-refractivity contribution >= 4 is 44.9 Å². The van der Waals surface area contributed by atoms with Gasteiger partial charge in [-0.2, -0.15) is 0 Å². The van der Waals surface area contributed by atoms with Gasteiger partial charge in [-0.1, -0.05) is 53.2 Å². The average molecular weight is 481 g/mol. The van der Waals surface area contributed by atoms with Gasteiger partial charge < -0.3 is 9.40 Å². The van der Waals surface area contributed by atoms with E-state index in [4.69, 9.17) is 16.0 Å². The predicted octanol–water partition coefficient (Wildman–Crippen LogP) is 6.26. The van der Waals surface area contributed by atoms with Crippen molar-refractivity contribution in [2.45, 2.75) is 24.8 Å². The van der Waals surface area contributed by atoms with Gasteiger partial charge in [0.05, 0.1) is 11.1 Å². The van der Waals surface area contributed by atoms with Crippen LogP contribution in [0.5, 0.6) is 0 Å². The number of aromatic nitrogens is 4. The largest absolute Gasteiger partial charge is 0.411 e. The highest BCUT2D eigenvalue weighted by Gasteiger charge is 2.17. The van der Waals surface area contributed by atoms with Crippen molar-refractivity contribution in [3.63, 3.8) is 0 Å². The van der Waals surface area contributed by atoms with Crippen molar-refractivity contribution in [1.29, 1.82) is 0 Å². The highest BCUT2D eigenvalue weighted by molar-refractivity contribution is 7.98. The molecule has 0 amide bonds. The van der Waals surface area contributed by atoms with Crippen LogP contribution in [0.25, 0.3) is 32.8 Å². The number of halogens is 1. The number of thiophene rings is 1. The number of aromatic amines is 1. The van der Waals surface area contributed by atoms with Crippen LogP contribution in [-0.4, -0.2) is 20.2 Å². The van der Waals surface area contributed by atoms with Gasteiger partial charge in [-0.05, 0) is 43.7 Å². The fraction of sp³-hybridized carbons (Fsp3) is 0.130. The minimum atomic E-state index is -0.141. The first-order valence-electron chi connectivity index (χ1n) is 9.79. The van der Waals surface area contributed by atoms with Gasteiger partial charge in [0.2, 0.25) is 5.89 Å². The Morgan fingerprint density at radius 1 is 1.03 bits per heavy atom. The van der Waals surface area contributed by atoms with Crippen molar-refractivity contribution in [1.82, 2.24) is 20.2 Å². The van der Waals surface area contributed by atoms with Crippen LogP contribution in [0.2, 0.25) is 5.02 Å². The monoisotopic (exact) mass is 480 g/mol. The van der Waals surface area contributed by atoms with Gasteiger partial charge in [-0.15, -0.1) is 21.5 Å². The molecule has 3 aromatic heterocycles. The number of thioether (sulfide) groups is 1. The average Bonchev–Trinajstić information content (AvgIpc) is 3.38. The molecule has 5 rings (SSSR count). The van der Waals surface area contributed by atoms with E-state index in [1.165, 1.54) is 28.7 Å². The maximum atomic E-state index is 12.9. The Labute approximate surface area is 196 Å². The Hall–Kier alpha value is -2.94. The maximum absolute atomic E-state index is 12.9. The fourth-order valence-corrected chi connectivity index (χ4v) is 5.23. The summed E-state index contributed by atoms with van der Waals surface area (Å²) in [4.78, 5) is 22.3. The second-order valence-electron chi connectivity index (χ2n) is 7.26. The van der Waals surface area contributed by atoms with Crippen molar-refractivity contribution < 1.29 is 4.42 Å². The summed E-state index contributed by atoms with van der Waals surface area (Å²) in [6.45, 7) is 4.06. The summed E-state index contributed by atoms with van der Waals surface area (Å²) < 4.78 is 5.72. The van der Waals surface area contributed by atoms with Gasteiger partial charge in [0.15, 0.2) is 0 Å². The molecule has 1 N–H and O–H groups in total. The first kappa shape index (κ1) is 20.9. The molecule has 160 valence electrons. The van der Waals surface area contributed by atoms with Crippen LogP contribution in [0.3, 0.4) is 0 Å². The van der Waals surface area contributed by atoms with E-state index in [-0.39, 0.29) is 5.56 Å². The molecule has 0 aliphatic heterocycles. The number of nitrogens with zero attached hydrogens (tertiary/aromatic N) is 3. The number of nitrogens with one attached hydrogen (secondary N) is 1. The van der Waals surface area contributed by atoms with Crippen LogP contribution in [-0.2, 0) is 5.75 Å². The lowest BCUT2D eigenvalue weighted by Gasteiger charge is -2.03. The molecule has 0 fully saturated rings. The van der Waals surface area contributed by atoms with Crippen LogP contribution >= 0.6 is 34.7 Å². The molecule has 0 saturated carbocycles. The van der Waals surface area contributed by atoms with Crippen molar-refractivity contribution in [3.05, 3.63) is 80.2 Å². The second-order valence-corrected chi connectivity index (χ2v) is 9.83. The van der Waals surface area contributed by atoms with Crippen LogP contribution < -0.4 is 5.56 Å². The van der Waals surface area contributed by atoms with Gasteiger partial charge in [0, 0.05) is 21.0 Å². The molecule has 0 radical (unpaired) electrons. The highest BCUT2D eigenvalue weighted by atomic mass is 35.5. The lowest BCUT2D eigenvalue weighted by atomic mass is 10.0. The second kappa shape index (κ2) is 8.54. The first-order valence-corrected chi connectivity index (χ1v) is 12.0. The smallest absolute Gasteiger partial charge is 0.277 e. The Balaban J connectivity index is 1.40. The van der Waals surface area contributed by atoms with Gasteiger partial charge in [0.25, 0.3) is 10.8 Å². The van der Waals surface area contributed by atoms with E-state index in [0.29, 0.717) is 33.1 Å². The summed E-state index contributed by atoms with van der Waals surface area (Å²) >= 11 is 8.77. The van der Waals surface area contributed by atoms with E-state index in [1.54, 1.807) is 12.1 Å². The van der Waals surface area contributed by atoms with Crippen LogP contribution in [0.4, 0.5) is 0 Å². The van der Waals surface area contributed by atoms with E-state index in [0.717, 1.165) is 26.4 Å². The van der Waals surface area contributed by atoms with Gasteiger partial charge in [0.1, 0.15) is 10.7 Å². The predicted molar refractivity (Wildman–Crippen MR) is 129 cm³/mol. The van der Waals surface area contributed by atoms with E-state index in [9.17, 15) is 4.79 Å². The molecule has 32 heavy (non-hydrogen) atoms. The Morgan fingerprint density at radius 3 is 2.50 bits per heavy atom. The Bertz CT molecular complexity index is 1470. The third-order valence-corrected chi connectivity index (χ3v) is 7.04. The SMILES string of the molecule is Cc1ccc(-c2c(C)sc3nc(CSc4nnc(-c5ccc(Cl)cc5)o4)[nH]c(=O)c23)cc1. The summed E-state index contributed by atoms with van der Waals surface area (Å²) in [5.74, 6) is 1.39. The molecule has 2 aromatic carbocycles. The summed E-state index contributed by atoms with van der Waals surface area (Å²) in [7, 11) is 0. The molecule has 0 unspecified atom stereocenters. The normalized spacial score (nSPS) is 11.3. The van der Waals surface area contributed by atoms with E-state index in [1.807, 2.05) is 50.2 Å². The summed E-state index contributed by atoms with van der Waals surface area (Å²) in [5.41, 5.74) is 3.80. The van der Waals surface area contributed by atoms with Crippen molar-refractivity contribution in [2.24, 2.45) is 0 Å². The number of benzene rings is 2. The zero-order valence-corrected chi connectivity index (χ0v) is 19.6. The van der Waals surface area contributed by atoms with Gasteiger partial charge in [-0.3, -0.25) is 4.79 Å². The van der Waals surface area contributed by atoms with Crippen LogP contribution in [0, 0.1) is 13.8 Å². The Kier molecular flexibility index (Phi) is 5.58. The molecule has 6 nitrogen and oxygen atoms in total. The highest BCUT2D eigenvalue weighted by Crippen LogP contribution is 2.36. The molecule has 0 atom stereocenters. The first-order chi connectivity index (χ1) is 15.5. The number of hydrogen-bond donors (Lipinski definition) is 1. The summed E-state index contributed by atoms with van der Waals surface area (Å²) in [5, 5.41) is 9.83. The lowest BCUT2D eigenvalue weighted by molar-refractivity contribution is 0.465. The van der Waals surface area contributed by atoms with Crippen molar-refractivity contribution in [3.8, 4) is 22.6 Å². The van der Waals surface area contributed by atoms with Crippen LogP contribution in [0.15, 0.2) is 63.0 Å². The van der Waals surface area contributed by atoms with Gasteiger partial charge >= 0.3 is 0 Å². The summed E-state index contributed by atoms with van der Waals surface area (Å²) in [6, 6.07) is 15.4. The zero-order chi connectivity index (χ0) is 22.2. The number of hydrogen-bond acceptors (Lipinski definition) is 7. The topological polar surface area (TPSA) is 84.7 Å². The number of aryl methyl sites for hydroxylation is 2. The minimum absolute atomic E-state index is 0.141. The molecular weight excluding hydrogens is 464 g/mol. The number of H-pyrrole nitrogens is 1. The molecule has 0 saturated heterocycles. The Morgan fingerprint density at radius 2 is 1.75 bits per heavy atom. The van der Waals surface area contributed by atoms with E-state index >= 15 is 0 Å². The lowest BCUT2D eigenvalue weighted by Crippen LogP contribution is -2.10. The molecule has 9 heteroatoms. The minimum Gasteiger partial charge on any atom is -0.411 e. The molecule has 3 heterocycles. The number of fused-ring (bicyclic) bond motifs is 1.